The first-order chi connectivity index (χ1) is 8.27. The molecule has 1 saturated carbocycles. The molecule has 1 fully saturated rings. The van der Waals surface area contributed by atoms with Crippen LogP contribution in [0, 0.1) is 23.2 Å². The van der Waals surface area contributed by atoms with Crippen LogP contribution in [-0.4, -0.2) is 12.1 Å². The van der Waals surface area contributed by atoms with Crippen LogP contribution in [0.5, 0.6) is 0 Å². The van der Waals surface area contributed by atoms with E-state index in [1.54, 1.807) is 0 Å². The summed E-state index contributed by atoms with van der Waals surface area (Å²) in [5.41, 5.74) is 0.261. The molecule has 18 heavy (non-hydrogen) atoms. The third kappa shape index (κ3) is 3.73. The molecule has 0 aliphatic heterocycles. The molecule has 0 saturated heterocycles. The zero-order valence-electron chi connectivity index (χ0n) is 13.0. The topological polar surface area (TPSA) is 26.3 Å². The average molecular weight is 254 g/mol. The molecule has 2 nitrogen and oxygen atoms in total. The second-order valence-electron chi connectivity index (χ2n) is 7.00. The van der Waals surface area contributed by atoms with Crippen molar-refractivity contribution in [2.24, 2.45) is 23.2 Å². The molecule has 2 heteroatoms. The lowest BCUT2D eigenvalue weighted by molar-refractivity contribution is -0.162. The van der Waals surface area contributed by atoms with Crippen LogP contribution in [0.15, 0.2) is 0 Å². The van der Waals surface area contributed by atoms with Crippen molar-refractivity contribution in [2.75, 3.05) is 0 Å². The Kier molecular flexibility index (Phi) is 5.24. The standard InChI is InChI=1S/C16H30O2/c1-7-16(5,6)13-10-12(4)8-9-14(13)18-15(17)11(2)3/h11-14H,7-10H2,1-6H3. The number of carbonyl (C=O) groups is 1. The second kappa shape index (κ2) is 6.08. The minimum absolute atomic E-state index is 0.0188. The molecule has 3 unspecified atom stereocenters. The molecule has 0 bridgehead atoms. The third-order valence-corrected chi connectivity index (χ3v) is 4.70. The molecule has 1 rings (SSSR count). The predicted octanol–water partition coefficient (Wildman–Crippen LogP) is 4.43. The number of hydrogen-bond acceptors (Lipinski definition) is 2. The average Bonchev–Trinajstić information content (AvgIpc) is 2.31. The van der Waals surface area contributed by atoms with Crippen LogP contribution in [0.1, 0.15) is 67.2 Å². The summed E-state index contributed by atoms with van der Waals surface area (Å²) in [7, 11) is 0. The number of esters is 1. The van der Waals surface area contributed by atoms with Gasteiger partial charge in [-0.25, -0.2) is 0 Å². The molecule has 0 spiro atoms. The normalized spacial score (nSPS) is 29.4. The van der Waals surface area contributed by atoms with Crippen molar-refractivity contribution in [1.29, 1.82) is 0 Å². The molecule has 0 radical (unpaired) electrons. The molecule has 3 atom stereocenters. The Morgan fingerprint density at radius 1 is 1.33 bits per heavy atom. The van der Waals surface area contributed by atoms with Crippen LogP contribution in [0.4, 0.5) is 0 Å². The summed E-state index contributed by atoms with van der Waals surface area (Å²) in [5.74, 6) is 1.21. The first kappa shape index (κ1) is 15.5. The van der Waals surface area contributed by atoms with Gasteiger partial charge in [-0.1, -0.05) is 48.0 Å². The first-order valence-corrected chi connectivity index (χ1v) is 7.48. The van der Waals surface area contributed by atoms with Gasteiger partial charge in [0.25, 0.3) is 0 Å². The molecule has 1 aliphatic carbocycles. The Balaban J connectivity index is 2.77. The van der Waals surface area contributed by atoms with E-state index in [0.717, 1.165) is 18.8 Å². The number of rotatable bonds is 4. The van der Waals surface area contributed by atoms with Crippen LogP contribution in [0.3, 0.4) is 0 Å². The highest BCUT2D eigenvalue weighted by molar-refractivity contribution is 5.71. The summed E-state index contributed by atoms with van der Waals surface area (Å²) in [6.45, 7) is 13.0. The summed E-state index contributed by atoms with van der Waals surface area (Å²) in [5, 5.41) is 0. The van der Waals surface area contributed by atoms with Gasteiger partial charge in [-0.2, -0.15) is 0 Å². The maximum absolute atomic E-state index is 11.8. The Morgan fingerprint density at radius 2 is 1.94 bits per heavy atom. The summed E-state index contributed by atoms with van der Waals surface area (Å²) >= 11 is 0. The summed E-state index contributed by atoms with van der Waals surface area (Å²) in [4.78, 5) is 11.8. The molecule has 106 valence electrons. The quantitative estimate of drug-likeness (QED) is 0.694. The molecule has 1 aliphatic rings. The van der Waals surface area contributed by atoms with Crippen LogP contribution < -0.4 is 0 Å². The van der Waals surface area contributed by atoms with Gasteiger partial charge in [-0.15, -0.1) is 0 Å². The highest BCUT2D eigenvalue weighted by atomic mass is 16.5. The molecule has 0 N–H and O–H groups in total. The molecule has 0 heterocycles. The Labute approximate surface area is 112 Å². The van der Waals surface area contributed by atoms with E-state index in [9.17, 15) is 4.79 Å². The Bertz CT molecular complexity index is 281. The van der Waals surface area contributed by atoms with E-state index in [1.165, 1.54) is 12.8 Å². The van der Waals surface area contributed by atoms with Crippen LogP contribution in [0.25, 0.3) is 0 Å². The summed E-state index contributed by atoms with van der Waals surface area (Å²) < 4.78 is 5.76. The smallest absolute Gasteiger partial charge is 0.308 e. The lowest BCUT2D eigenvalue weighted by atomic mass is 9.66. The fourth-order valence-electron chi connectivity index (χ4n) is 2.86. The number of hydrogen-bond donors (Lipinski definition) is 0. The van der Waals surface area contributed by atoms with E-state index in [0.29, 0.717) is 5.92 Å². The number of carbonyl (C=O) groups excluding carboxylic acids is 1. The second-order valence-corrected chi connectivity index (χ2v) is 7.00. The van der Waals surface area contributed by atoms with E-state index in [2.05, 4.69) is 27.7 Å². The molecule has 0 aromatic rings. The zero-order chi connectivity index (χ0) is 13.9. The van der Waals surface area contributed by atoms with Crippen molar-refractivity contribution >= 4 is 5.97 Å². The van der Waals surface area contributed by atoms with Crippen LogP contribution in [-0.2, 0) is 9.53 Å². The maximum Gasteiger partial charge on any atom is 0.308 e. The number of ether oxygens (including phenoxy) is 1. The zero-order valence-corrected chi connectivity index (χ0v) is 13.0. The largest absolute Gasteiger partial charge is 0.462 e. The van der Waals surface area contributed by atoms with Crippen molar-refractivity contribution in [3.05, 3.63) is 0 Å². The van der Waals surface area contributed by atoms with Crippen LogP contribution in [0.2, 0.25) is 0 Å². The summed E-state index contributed by atoms with van der Waals surface area (Å²) in [6.07, 6.45) is 4.68. The van der Waals surface area contributed by atoms with Crippen molar-refractivity contribution in [1.82, 2.24) is 0 Å². The van der Waals surface area contributed by atoms with Gasteiger partial charge in [-0.05, 0) is 30.6 Å². The predicted molar refractivity (Wildman–Crippen MR) is 75.3 cm³/mol. The molecular weight excluding hydrogens is 224 g/mol. The summed E-state index contributed by atoms with van der Waals surface area (Å²) in [6, 6.07) is 0. The highest BCUT2D eigenvalue weighted by Gasteiger charge is 2.40. The lowest BCUT2D eigenvalue weighted by Crippen LogP contribution is -2.41. The van der Waals surface area contributed by atoms with Crippen molar-refractivity contribution in [3.63, 3.8) is 0 Å². The van der Waals surface area contributed by atoms with E-state index in [1.807, 2.05) is 13.8 Å². The van der Waals surface area contributed by atoms with Crippen molar-refractivity contribution < 1.29 is 9.53 Å². The SMILES string of the molecule is CCC(C)(C)C1CC(C)CCC1OC(=O)C(C)C. The van der Waals surface area contributed by atoms with E-state index >= 15 is 0 Å². The first-order valence-electron chi connectivity index (χ1n) is 7.48. The van der Waals surface area contributed by atoms with E-state index in [-0.39, 0.29) is 23.4 Å². The molecule has 0 aromatic carbocycles. The van der Waals surface area contributed by atoms with Gasteiger partial charge in [0.05, 0.1) is 5.92 Å². The van der Waals surface area contributed by atoms with Gasteiger partial charge in [0.15, 0.2) is 0 Å². The minimum atomic E-state index is -0.0357. The monoisotopic (exact) mass is 254 g/mol. The Hall–Kier alpha value is -0.530. The van der Waals surface area contributed by atoms with Crippen LogP contribution >= 0.6 is 0 Å². The van der Waals surface area contributed by atoms with Gasteiger partial charge in [0.2, 0.25) is 0 Å². The third-order valence-electron chi connectivity index (χ3n) is 4.70. The van der Waals surface area contributed by atoms with Crippen molar-refractivity contribution in [2.45, 2.75) is 73.3 Å². The molecule has 0 amide bonds. The fourth-order valence-corrected chi connectivity index (χ4v) is 2.86. The Morgan fingerprint density at radius 3 is 2.44 bits per heavy atom. The maximum atomic E-state index is 11.8. The van der Waals surface area contributed by atoms with Gasteiger partial charge >= 0.3 is 5.97 Å². The molecular formula is C16H30O2. The van der Waals surface area contributed by atoms with Gasteiger partial charge in [0.1, 0.15) is 6.10 Å². The minimum Gasteiger partial charge on any atom is -0.462 e. The van der Waals surface area contributed by atoms with Gasteiger partial charge in [0, 0.05) is 5.92 Å². The van der Waals surface area contributed by atoms with E-state index < -0.39 is 0 Å². The lowest BCUT2D eigenvalue weighted by Gasteiger charge is -2.43. The van der Waals surface area contributed by atoms with Gasteiger partial charge in [-0.3, -0.25) is 4.79 Å². The van der Waals surface area contributed by atoms with E-state index in [4.69, 9.17) is 4.74 Å². The van der Waals surface area contributed by atoms with Crippen molar-refractivity contribution in [3.8, 4) is 0 Å². The highest BCUT2D eigenvalue weighted by Crippen LogP contribution is 2.43. The molecule has 0 aromatic heterocycles. The van der Waals surface area contributed by atoms with Gasteiger partial charge < -0.3 is 4.74 Å². The fraction of sp³-hybridized carbons (Fsp3) is 0.938.